The summed E-state index contributed by atoms with van der Waals surface area (Å²) in [5, 5.41) is 12.1. The summed E-state index contributed by atoms with van der Waals surface area (Å²) >= 11 is 0. The Balaban J connectivity index is 1.72. The summed E-state index contributed by atoms with van der Waals surface area (Å²) in [5.74, 6) is 0. The highest BCUT2D eigenvalue weighted by Crippen LogP contribution is 2.36. The predicted molar refractivity (Wildman–Crippen MR) is 116 cm³/mol. The predicted octanol–water partition coefficient (Wildman–Crippen LogP) is 4.25. The molecule has 29 heavy (non-hydrogen) atoms. The molecule has 4 rings (SSSR count). The summed E-state index contributed by atoms with van der Waals surface area (Å²) in [7, 11) is -3.72. The van der Waals surface area contributed by atoms with Crippen molar-refractivity contribution in [3.05, 3.63) is 95.6 Å². The lowest BCUT2D eigenvalue weighted by Crippen LogP contribution is -2.19. The van der Waals surface area contributed by atoms with Gasteiger partial charge in [-0.15, -0.1) is 0 Å². The Labute approximate surface area is 171 Å². The molecule has 2 N–H and O–H groups in total. The molecule has 0 saturated carbocycles. The van der Waals surface area contributed by atoms with Crippen molar-refractivity contribution in [2.75, 3.05) is 5.01 Å². The first-order valence-electron chi connectivity index (χ1n) is 9.59. The second-order valence-corrected chi connectivity index (χ2v) is 8.67. The largest absolute Gasteiger partial charge is 0.257 e. The molecule has 0 aromatic heterocycles. The van der Waals surface area contributed by atoms with Gasteiger partial charge in [-0.1, -0.05) is 61.5 Å². The van der Waals surface area contributed by atoms with Gasteiger partial charge in [0, 0.05) is 6.42 Å². The van der Waals surface area contributed by atoms with Crippen molar-refractivity contribution in [3.8, 4) is 0 Å². The molecular weight excluding hydrogens is 382 g/mol. The van der Waals surface area contributed by atoms with E-state index in [1.165, 1.54) is 17.7 Å². The normalized spacial score (nSPS) is 16.7. The van der Waals surface area contributed by atoms with Crippen molar-refractivity contribution >= 4 is 21.4 Å². The van der Waals surface area contributed by atoms with Crippen LogP contribution in [-0.2, 0) is 16.4 Å². The smallest absolute Gasteiger partial charge is 0.238 e. The molecule has 0 radical (unpaired) electrons. The summed E-state index contributed by atoms with van der Waals surface area (Å²) in [6.07, 6.45) is 1.77. The van der Waals surface area contributed by atoms with Crippen LogP contribution in [0.3, 0.4) is 0 Å². The first-order chi connectivity index (χ1) is 14.0. The van der Waals surface area contributed by atoms with Crippen LogP contribution in [0.1, 0.15) is 36.1 Å². The molecule has 3 aromatic carbocycles. The second-order valence-electron chi connectivity index (χ2n) is 7.11. The average molecular weight is 406 g/mol. The van der Waals surface area contributed by atoms with Gasteiger partial charge in [-0.3, -0.25) is 5.01 Å². The van der Waals surface area contributed by atoms with Gasteiger partial charge in [0.25, 0.3) is 0 Å². The molecule has 1 aliphatic heterocycles. The molecule has 1 heterocycles. The fourth-order valence-corrected chi connectivity index (χ4v) is 4.09. The number of hydrazone groups is 1. The van der Waals surface area contributed by atoms with Gasteiger partial charge in [-0.05, 0) is 47.4 Å². The molecule has 0 spiro atoms. The van der Waals surface area contributed by atoms with Gasteiger partial charge >= 0.3 is 0 Å². The Morgan fingerprint density at radius 3 is 2.21 bits per heavy atom. The average Bonchev–Trinajstić information content (AvgIpc) is 3.19. The van der Waals surface area contributed by atoms with Crippen LogP contribution in [0.15, 0.2) is 88.9 Å². The first-order valence-corrected chi connectivity index (χ1v) is 11.1. The zero-order valence-corrected chi connectivity index (χ0v) is 17.0. The maximum Gasteiger partial charge on any atom is 0.238 e. The van der Waals surface area contributed by atoms with Crippen LogP contribution in [-0.4, -0.2) is 14.1 Å². The van der Waals surface area contributed by atoms with E-state index in [1.54, 1.807) is 12.1 Å². The minimum Gasteiger partial charge on any atom is -0.257 e. The molecule has 0 fully saturated rings. The topological polar surface area (TPSA) is 75.8 Å². The molecule has 3 aromatic rings. The number of benzene rings is 3. The highest BCUT2D eigenvalue weighted by atomic mass is 32.2. The Bertz CT molecular complexity index is 1120. The summed E-state index contributed by atoms with van der Waals surface area (Å²) in [5.41, 5.74) is 5.39. The zero-order valence-electron chi connectivity index (χ0n) is 16.2. The van der Waals surface area contributed by atoms with Crippen molar-refractivity contribution in [1.29, 1.82) is 0 Å². The molecule has 0 amide bonds. The molecule has 0 saturated heterocycles. The third-order valence-electron chi connectivity index (χ3n) is 5.22. The van der Waals surface area contributed by atoms with E-state index in [0.717, 1.165) is 35.4 Å². The number of primary sulfonamides is 1. The van der Waals surface area contributed by atoms with Crippen molar-refractivity contribution < 1.29 is 8.42 Å². The van der Waals surface area contributed by atoms with Gasteiger partial charge in [0.15, 0.2) is 0 Å². The lowest BCUT2D eigenvalue weighted by Gasteiger charge is -2.24. The number of nitrogens with two attached hydrogens (primary N) is 1. The third kappa shape index (κ3) is 4.09. The SMILES string of the molecule is CCc1ccc(C2=NN(c3ccc(S(N)(=O)=O)cc3)C(c3ccccc3)C2)cc1. The molecule has 5 nitrogen and oxygen atoms in total. The third-order valence-corrected chi connectivity index (χ3v) is 6.15. The molecule has 0 aliphatic carbocycles. The van der Waals surface area contributed by atoms with Crippen LogP contribution in [0, 0.1) is 0 Å². The van der Waals surface area contributed by atoms with E-state index in [0.29, 0.717) is 0 Å². The number of anilines is 1. The van der Waals surface area contributed by atoms with Crippen LogP contribution in [0.5, 0.6) is 0 Å². The minimum absolute atomic E-state index is 0.0392. The van der Waals surface area contributed by atoms with Gasteiger partial charge in [0.1, 0.15) is 0 Å². The maximum atomic E-state index is 11.6. The van der Waals surface area contributed by atoms with Gasteiger partial charge in [-0.2, -0.15) is 5.10 Å². The van der Waals surface area contributed by atoms with Crippen LogP contribution < -0.4 is 10.1 Å². The number of aryl methyl sites for hydroxylation is 1. The lowest BCUT2D eigenvalue weighted by atomic mass is 9.97. The maximum absolute atomic E-state index is 11.6. The van der Waals surface area contributed by atoms with Gasteiger partial charge in [0.05, 0.1) is 22.3 Å². The molecule has 1 aliphatic rings. The van der Waals surface area contributed by atoms with Crippen LogP contribution in [0.25, 0.3) is 0 Å². The van der Waals surface area contributed by atoms with Crippen molar-refractivity contribution in [2.45, 2.75) is 30.7 Å². The van der Waals surface area contributed by atoms with E-state index >= 15 is 0 Å². The molecule has 1 atom stereocenters. The Morgan fingerprint density at radius 2 is 1.62 bits per heavy atom. The molecule has 0 bridgehead atoms. The fourth-order valence-electron chi connectivity index (χ4n) is 3.58. The Kier molecular flexibility index (Phi) is 5.22. The Morgan fingerprint density at radius 1 is 0.966 bits per heavy atom. The number of hydrogen-bond donors (Lipinski definition) is 1. The highest BCUT2D eigenvalue weighted by molar-refractivity contribution is 7.89. The molecular formula is C23H23N3O2S. The van der Waals surface area contributed by atoms with Crippen molar-refractivity contribution in [1.82, 2.24) is 0 Å². The molecule has 6 heteroatoms. The van der Waals surface area contributed by atoms with Gasteiger partial charge in [-0.25, -0.2) is 13.6 Å². The van der Waals surface area contributed by atoms with Crippen molar-refractivity contribution in [3.63, 3.8) is 0 Å². The standard InChI is InChI=1S/C23H23N3O2S/c1-2-17-8-10-18(11-9-17)22-16-23(19-6-4-3-5-7-19)26(25-22)20-12-14-21(15-13-20)29(24,27)28/h3-15,23H,2,16H2,1H3,(H2,24,27,28). The number of rotatable bonds is 5. The number of nitrogens with zero attached hydrogens (tertiary/aromatic N) is 2. The second kappa shape index (κ2) is 7.81. The monoisotopic (exact) mass is 405 g/mol. The minimum atomic E-state index is -3.72. The summed E-state index contributed by atoms with van der Waals surface area (Å²) in [4.78, 5) is 0.0936. The van der Waals surface area contributed by atoms with E-state index in [2.05, 4.69) is 43.3 Å². The highest BCUT2D eigenvalue weighted by Gasteiger charge is 2.30. The first kappa shape index (κ1) is 19.4. The van der Waals surface area contributed by atoms with Gasteiger partial charge in [0.2, 0.25) is 10.0 Å². The number of hydrogen-bond acceptors (Lipinski definition) is 4. The van der Waals surface area contributed by atoms with Gasteiger partial charge < -0.3 is 0 Å². The van der Waals surface area contributed by atoms with Crippen LogP contribution in [0.2, 0.25) is 0 Å². The Hall–Kier alpha value is -2.96. The summed E-state index contributed by atoms with van der Waals surface area (Å²) in [6.45, 7) is 2.14. The van der Waals surface area contributed by atoms with Crippen molar-refractivity contribution in [2.24, 2.45) is 10.2 Å². The van der Waals surface area contributed by atoms with E-state index in [1.807, 2.05) is 23.2 Å². The quantitative estimate of drug-likeness (QED) is 0.689. The zero-order chi connectivity index (χ0) is 20.4. The van der Waals surface area contributed by atoms with E-state index in [9.17, 15) is 8.42 Å². The molecule has 1 unspecified atom stereocenters. The number of sulfonamides is 1. The summed E-state index contributed by atoms with van der Waals surface area (Å²) in [6, 6.07) is 25.3. The summed E-state index contributed by atoms with van der Waals surface area (Å²) < 4.78 is 23.2. The van der Waals surface area contributed by atoms with Crippen LogP contribution in [0.4, 0.5) is 5.69 Å². The fraction of sp³-hybridized carbons (Fsp3) is 0.174. The van der Waals surface area contributed by atoms with E-state index in [4.69, 9.17) is 10.2 Å². The van der Waals surface area contributed by atoms with E-state index in [-0.39, 0.29) is 10.9 Å². The van der Waals surface area contributed by atoms with E-state index < -0.39 is 10.0 Å². The lowest BCUT2D eigenvalue weighted by molar-refractivity contribution is 0.597. The van der Waals surface area contributed by atoms with Crippen LogP contribution >= 0.6 is 0 Å². The molecule has 148 valence electrons.